The summed E-state index contributed by atoms with van der Waals surface area (Å²) in [6.45, 7) is 0. The quantitative estimate of drug-likeness (QED) is 0.601. The highest BCUT2D eigenvalue weighted by Crippen LogP contribution is 2.29. The number of rotatable bonds is 4. The van der Waals surface area contributed by atoms with Gasteiger partial charge in [-0.1, -0.05) is 35.3 Å². The molecule has 2 nitrogen and oxygen atoms in total. The summed E-state index contributed by atoms with van der Waals surface area (Å²) >= 11 is 15.4. The minimum atomic E-state index is -0.356. The topological polar surface area (TPSA) is 38.0 Å². The highest BCUT2D eigenvalue weighted by atomic mass is 79.9. The second-order valence-corrected chi connectivity index (χ2v) is 6.00. The van der Waals surface area contributed by atoms with E-state index in [1.54, 1.807) is 12.1 Å². The third-order valence-corrected chi connectivity index (χ3v) is 4.55. The van der Waals surface area contributed by atoms with Crippen molar-refractivity contribution in [2.75, 3.05) is 0 Å². The number of hydrogen-bond acceptors (Lipinski definition) is 2. The van der Waals surface area contributed by atoms with Gasteiger partial charge in [0.1, 0.15) is 5.82 Å². The molecule has 0 fully saturated rings. The van der Waals surface area contributed by atoms with E-state index in [0.717, 1.165) is 15.6 Å². The Kier molecular flexibility index (Phi) is 5.41. The first-order valence-electron chi connectivity index (χ1n) is 5.86. The lowest BCUT2D eigenvalue weighted by Crippen LogP contribution is -2.29. The van der Waals surface area contributed by atoms with Gasteiger partial charge in [-0.05, 0) is 57.7 Å². The summed E-state index contributed by atoms with van der Waals surface area (Å²) in [5.41, 5.74) is 4.52. The van der Waals surface area contributed by atoms with Crippen molar-refractivity contribution in [2.24, 2.45) is 5.84 Å². The molecule has 106 valence electrons. The van der Waals surface area contributed by atoms with E-state index in [1.165, 1.54) is 12.1 Å². The second-order valence-electron chi connectivity index (χ2n) is 4.33. The van der Waals surface area contributed by atoms with Crippen molar-refractivity contribution >= 4 is 39.1 Å². The van der Waals surface area contributed by atoms with Gasteiger partial charge >= 0.3 is 0 Å². The number of halogens is 4. The van der Waals surface area contributed by atoms with E-state index in [0.29, 0.717) is 16.5 Å². The molecule has 0 aliphatic carbocycles. The summed E-state index contributed by atoms with van der Waals surface area (Å²) < 4.78 is 13.8. The summed E-state index contributed by atoms with van der Waals surface area (Å²) in [7, 11) is 0. The zero-order chi connectivity index (χ0) is 14.7. The van der Waals surface area contributed by atoms with Crippen LogP contribution in [0.3, 0.4) is 0 Å². The maximum Gasteiger partial charge on any atom is 0.124 e. The Balaban J connectivity index is 2.26. The van der Waals surface area contributed by atoms with Gasteiger partial charge in [0.05, 0.1) is 11.1 Å². The third kappa shape index (κ3) is 3.71. The molecule has 0 heterocycles. The smallest absolute Gasteiger partial charge is 0.124 e. The Morgan fingerprint density at radius 1 is 1.15 bits per heavy atom. The molecule has 2 rings (SSSR count). The van der Waals surface area contributed by atoms with Crippen LogP contribution in [0, 0.1) is 5.82 Å². The van der Waals surface area contributed by atoms with Gasteiger partial charge in [-0.3, -0.25) is 11.3 Å². The normalized spacial score (nSPS) is 12.4. The van der Waals surface area contributed by atoms with Gasteiger partial charge in [0.2, 0.25) is 0 Å². The van der Waals surface area contributed by atoms with Crippen LogP contribution >= 0.6 is 39.1 Å². The number of nitrogens with one attached hydrogen (secondary N) is 1. The molecule has 0 saturated carbocycles. The van der Waals surface area contributed by atoms with Crippen LogP contribution in [-0.4, -0.2) is 0 Å². The Bertz CT molecular complexity index is 622. The molecule has 0 aromatic heterocycles. The molecule has 0 aliphatic rings. The molecule has 0 bridgehead atoms. The van der Waals surface area contributed by atoms with E-state index in [9.17, 15) is 4.39 Å². The predicted octanol–water partition coefficient (Wildman–Crippen LogP) is 4.64. The van der Waals surface area contributed by atoms with Crippen molar-refractivity contribution in [3.05, 3.63) is 67.9 Å². The van der Waals surface area contributed by atoms with E-state index in [4.69, 9.17) is 29.0 Å². The zero-order valence-electron chi connectivity index (χ0n) is 10.3. The van der Waals surface area contributed by atoms with Gasteiger partial charge < -0.3 is 0 Å². The first kappa shape index (κ1) is 15.7. The molecular formula is C14H12BrCl2FN2. The van der Waals surface area contributed by atoms with Crippen LogP contribution in [0.25, 0.3) is 0 Å². The molecule has 0 spiro atoms. The fraction of sp³-hybridized carbons (Fsp3) is 0.143. The van der Waals surface area contributed by atoms with Crippen molar-refractivity contribution in [3.8, 4) is 0 Å². The van der Waals surface area contributed by atoms with Gasteiger partial charge in [-0.25, -0.2) is 4.39 Å². The molecular weight excluding hydrogens is 366 g/mol. The molecule has 2 aromatic rings. The van der Waals surface area contributed by atoms with Crippen LogP contribution in [0.5, 0.6) is 0 Å². The summed E-state index contributed by atoms with van der Waals surface area (Å²) in [4.78, 5) is 0. The molecule has 0 amide bonds. The van der Waals surface area contributed by atoms with Crippen molar-refractivity contribution < 1.29 is 4.39 Å². The molecule has 1 atom stereocenters. The van der Waals surface area contributed by atoms with Crippen LogP contribution in [0.4, 0.5) is 4.39 Å². The van der Waals surface area contributed by atoms with Crippen molar-refractivity contribution in [1.82, 2.24) is 5.43 Å². The van der Waals surface area contributed by atoms with Gasteiger partial charge in [0, 0.05) is 9.50 Å². The molecule has 1 unspecified atom stereocenters. The third-order valence-electron chi connectivity index (χ3n) is 2.99. The number of hydrogen-bond donors (Lipinski definition) is 2. The Hall–Kier alpha value is -0.650. The molecule has 0 saturated heterocycles. The van der Waals surface area contributed by atoms with E-state index < -0.39 is 0 Å². The van der Waals surface area contributed by atoms with E-state index in [2.05, 4.69) is 21.4 Å². The molecule has 20 heavy (non-hydrogen) atoms. The van der Waals surface area contributed by atoms with Crippen molar-refractivity contribution in [3.63, 3.8) is 0 Å². The zero-order valence-corrected chi connectivity index (χ0v) is 13.4. The van der Waals surface area contributed by atoms with Crippen molar-refractivity contribution in [1.29, 1.82) is 0 Å². The SMILES string of the molecule is NNC(Cc1ccc(F)cc1Cl)c1ccc(Cl)c(Br)c1. The first-order valence-corrected chi connectivity index (χ1v) is 7.41. The molecule has 3 N–H and O–H groups in total. The molecule has 0 aliphatic heterocycles. The monoisotopic (exact) mass is 376 g/mol. The van der Waals surface area contributed by atoms with Gasteiger partial charge in [-0.2, -0.15) is 0 Å². The lowest BCUT2D eigenvalue weighted by Gasteiger charge is -2.18. The maximum absolute atomic E-state index is 13.0. The summed E-state index contributed by atoms with van der Waals surface area (Å²) in [5.74, 6) is 5.25. The Morgan fingerprint density at radius 2 is 1.90 bits per heavy atom. The van der Waals surface area contributed by atoms with Crippen LogP contribution in [-0.2, 0) is 6.42 Å². The lowest BCUT2D eigenvalue weighted by atomic mass is 9.99. The first-order chi connectivity index (χ1) is 9.51. The lowest BCUT2D eigenvalue weighted by molar-refractivity contribution is 0.550. The van der Waals surface area contributed by atoms with Crippen molar-refractivity contribution in [2.45, 2.75) is 12.5 Å². The largest absolute Gasteiger partial charge is 0.271 e. The Morgan fingerprint density at radius 3 is 2.50 bits per heavy atom. The van der Waals surface area contributed by atoms with Crippen LogP contribution in [0.2, 0.25) is 10.0 Å². The van der Waals surface area contributed by atoms with Gasteiger partial charge in [0.25, 0.3) is 0 Å². The predicted molar refractivity (Wildman–Crippen MR) is 84.3 cm³/mol. The second kappa shape index (κ2) is 6.87. The number of hydrazine groups is 1. The highest BCUT2D eigenvalue weighted by molar-refractivity contribution is 9.10. The fourth-order valence-electron chi connectivity index (χ4n) is 1.91. The molecule has 6 heteroatoms. The number of benzene rings is 2. The summed E-state index contributed by atoms with van der Waals surface area (Å²) in [6.07, 6.45) is 0.545. The standard InChI is InChI=1S/C14H12BrCl2FN2/c15-11-5-9(2-4-12(11)16)14(20-19)6-8-1-3-10(18)7-13(8)17/h1-5,7,14,20H,6,19H2. The average molecular weight is 378 g/mol. The number of nitrogens with two attached hydrogens (primary N) is 1. The minimum absolute atomic E-state index is 0.147. The highest BCUT2D eigenvalue weighted by Gasteiger charge is 2.14. The van der Waals surface area contributed by atoms with Crippen LogP contribution in [0.1, 0.15) is 17.2 Å². The minimum Gasteiger partial charge on any atom is -0.271 e. The van der Waals surface area contributed by atoms with E-state index in [1.807, 2.05) is 12.1 Å². The Labute approximate surface area is 135 Å². The summed E-state index contributed by atoms with van der Waals surface area (Å²) in [6, 6.07) is 9.75. The van der Waals surface area contributed by atoms with Gasteiger partial charge in [-0.15, -0.1) is 0 Å². The van der Waals surface area contributed by atoms with E-state index >= 15 is 0 Å². The average Bonchev–Trinajstić information content (AvgIpc) is 2.41. The van der Waals surface area contributed by atoms with Crippen LogP contribution < -0.4 is 11.3 Å². The van der Waals surface area contributed by atoms with E-state index in [-0.39, 0.29) is 11.9 Å². The van der Waals surface area contributed by atoms with Gasteiger partial charge in [0.15, 0.2) is 0 Å². The summed E-state index contributed by atoms with van der Waals surface area (Å²) in [5, 5.41) is 1.02. The maximum atomic E-state index is 13.0. The van der Waals surface area contributed by atoms with Crippen LogP contribution in [0.15, 0.2) is 40.9 Å². The molecule has 2 aromatic carbocycles. The molecule has 0 radical (unpaired) electrons. The fourth-order valence-corrected chi connectivity index (χ4v) is 2.67.